The van der Waals surface area contributed by atoms with Gasteiger partial charge < -0.3 is 14.7 Å². The highest BCUT2D eigenvalue weighted by Crippen LogP contribution is 2.17. The molecule has 1 saturated heterocycles. The van der Waals surface area contributed by atoms with E-state index in [1.807, 2.05) is 6.92 Å². The molecule has 1 aliphatic heterocycles. The molecule has 4 heteroatoms. The maximum Gasteiger partial charge on any atom is 0.251 e. The number of carbonyl (C=O) groups excluding carboxylic acids is 1. The topological polar surface area (TPSA) is 49.8 Å². The number of amides is 1. The molecular weight excluding hydrogens is 218 g/mol. The fourth-order valence-electron chi connectivity index (χ4n) is 1.99. The van der Waals surface area contributed by atoms with Crippen LogP contribution in [0.3, 0.4) is 0 Å². The van der Waals surface area contributed by atoms with E-state index in [-0.39, 0.29) is 24.5 Å². The second kappa shape index (κ2) is 6.97. The number of rotatable bonds is 6. The predicted octanol–water partition coefficient (Wildman–Crippen LogP) is 1.28. The number of hydrogen-bond acceptors (Lipinski definition) is 3. The Labute approximate surface area is 104 Å². The van der Waals surface area contributed by atoms with Gasteiger partial charge in [0.05, 0.1) is 0 Å². The molecule has 1 N–H and O–H groups in total. The summed E-state index contributed by atoms with van der Waals surface area (Å²) in [6.07, 6.45) is 1.53. The molecule has 17 heavy (non-hydrogen) atoms. The van der Waals surface area contributed by atoms with Crippen LogP contribution in [0.1, 0.15) is 33.6 Å². The maximum atomic E-state index is 12.0. The lowest BCUT2D eigenvalue weighted by Crippen LogP contribution is -2.38. The monoisotopic (exact) mass is 243 g/mol. The van der Waals surface area contributed by atoms with Crippen molar-refractivity contribution in [3.8, 4) is 0 Å². The van der Waals surface area contributed by atoms with Crippen molar-refractivity contribution in [2.45, 2.75) is 39.7 Å². The molecular formula is C13H25NO3. The van der Waals surface area contributed by atoms with Crippen molar-refractivity contribution in [2.75, 3.05) is 26.3 Å². The highest BCUT2D eigenvalue weighted by Gasteiger charge is 2.28. The molecule has 0 saturated carbocycles. The Bertz CT molecular complexity index is 243. The fourth-order valence-corrected chi connectivity index (χ4v) is 1.99. The number of carbonyl (C=O) groups is 1. The second-order valence-electron chi connectivity index (χ2n) is 5.32. The molecule has 0 aliphatic carbocycles. The Morgan fingerprint density at radius 1 is 1.47 bits per heavy atom. The summed E-state index contributed by atoms with van der Waals surface area (Å²) in [6.45, 7) is 8.34. The molecule has 0 aromatic rings. The highest BCUT2D eigenvalue weighted by molar-refractivity contribution is 5.80. The van der Waals surface area contributed by atoms with Crippen LogP contribution in [0, 0.1) is 11.8 Å². The Hall–Kier alpha value is -0.610. The number of aliphatic hydroxyl groups excluding tert-OH is 1. The SMILES string of the molecule is CC(C)CCOC(C)C(=O)N1CCC(CO)C1. The van der Waals surface area contributed by atoms with Gasteiger partial charge in [-0.2, -0.15) is 0 Å². The van der Waals surface area contributed by atoms with Gasteiger partial charge in [0.15, 0.2) is 0 Å². The number of likely N-dealkylation sites (tertiary alicyclic amines) is 1. The quantitative estimate of drug-likeness (QED) is 0.764. The van der Waals surface area contributed by atoms with E-state index in [9.17, 15) is 4.79 Å². The van der Waals surface area contributed by atoms with Gasteiger partial charge in [-0.25, -0.2) is 0 Å². The molecule has 1 rings (SSSR count). The van der Waals surface area contributed by atoms with E-state index in [0.717, 1.165) is 19.4 Å². The fraction of sp³-hybridized carbons (Fsp3) is 0.923. The Balaban J connectivity index is 2.27. The lowest BCUT2D eigenvalue weighted by Gasteiger charge is -2.21. The lowest BCUT2D eigenvalue weighted by atomic mass is 10.1. The molecule has 4 nitrogen and oxygen atoms in total. The third-order valence-corrected chi connectivity index (χ3v) is 3.27. The van der Waals surface area contributed by atoms with Crippen LogP contribution in [0.15, 0.2) is 0 Å². The van der Waals surface area contributed by atoms with Gasteiger partial charge in [-0.15, -0.1) is 0 Å². The van der Waals surface area contributed by atoms with E-state index < -0.39 is 0 Å². The van der Waals surface area contributed by atoms with Gasteiger partial charge in [0.2, 0.25) is 0 Å². The minimum atomic E-state index is -0.355. The summed E-state index contributed by atoms with van der Waals surface area (Å²) in [6, 6.07) is 0. The molecule has 0 aromatic heterocycles. The first-order valence-corrected chi connectivity index (χ1v) is 6.55. The molecule has 0 spiro atoms. The van der Waals surface area contributed by atoms with E-state index >= 15 is 0 Å². The molecule has 1 aliphatic rings. The maximum absolute atomic E-state index is 12.0. The molecule has 1 fully saturated rings. The van der Waals surface area contributed by atoms with Crippen LogP contribution in [-0.2, 0) is 9.53 Å². The van der Waals surface area contributed by atoms with Crippen molar-refractivity contribution >= 4 is 5.91 Å². The van der Waals surface area contributed by atoms with E-state index in [0.29, 0.717) is 19.1 Å². The van der Waals surface area contributed by atoms with Crippen LogP contribution >= 0.6 is 0 Å². The molecule has 1 heterocycles. The lowest BCUT2D eigenvalue weighted by molar-refractivity contribution is -0.141. The minimum Gasteiger partial charge on any atom is -0.396 e. The van der Waals surface area contributed by atoms with Crippen molar-refractivity contribution in [3.63, 3.8) is 0 Å². The summed E-state index contributed by atoms with van der Waals surface area (Å²) >= 11 is 0. The van der Waals surface area contributed by atoms with Crippen LogP contribution in [0.25, 0.3) is 0 Å². The van der Waals surface area contributed by atoms with E-state index in [1.54, 1.807) is 4.90 Å². The van der Waals surface area contributed by atoms with Crippen molar-refractivity contribution in [1.82, 2.24) is 4.90 Å². The average Bonchev–Trinajstić information content (AvgIpc) is 2.75. The largest absolute Gasteiger partial charge is 0.396 e. The van der Waals surface area contributed by atoms with Gasteiger partial charge in [-0.1, -0.05) is 13.8 Å². The third-order valence-electron chi connectivity index (χ3n) is 3.27. The van der Waals surface area contributed by atoms with E-state index in [1.165, 1.54) is 0 Å². The molecule has 0 aromatic carbocycles. The molecule has 0 bridgehead atoms. The second-order valence-corrected chi connectivity index (χ2v) is 5.32. The van der Waals surface area contributed by atoms with Crippen LogP contribution in [0.5, 0.6) is 0 Å². The Morgan fingerprint density at radius 2 is 2.18 bits per heavy atom. The third kappa shape index (κ3) is 4.64. The summed E-state index contributed by atoms with van der Waals surface area (Å²) in [5.74, 6) is 0.911. The van der Waals surface area contributed by atoms with Crippen molar-refractivity contribution in [2.24, 2.45) is 11.8 Å². The number of aliphatic hydroxyl groups is 1. The standard InChI is InChI=1S/C13H25NO3/c1-10(2)5-7-17-11(3)13(16)14-6-4-12(8-14)9-15/h10-12,15H,4-9H2,1-3H3. The number of nitrogens with zero attached hydrogens (tertiary/aromatic N) is 1. The zero-order valence-electron chi connectivity index (χ0n) is 11.2. The Kier molecular flexibility index (Phi) is 5.92. The van der Waals surface area contributed by atoms with Crippen molar-refractivity contribution < 1.29 is 14.6 Å². The summed E-state index contributed by atoms with van der Waals surface area (Å²) in [5.41, 5.74) is 0. The van der Waals surface area contributed by atoms with Crippen molar-refractivity contribution in [3.05, 3.63) is 0 Å². The summed E-state index contributed by atoms with van der Waals surface area (Å²) in [5, 5.41) is 9.04. The zero-order valence-corrected chi connectivity index (χ0v) is 11.2. The van der Waals surface area contributed by atoms with Crippen LogP contribution < -0.4 is 0 Å². The van der Waals surface area contributed by atoms with Gasteiger partial charge in [0, 0.05) is 32.2 Å². The van der Waals surface area contributed by atoms with Gasteiger partial charge in [-0.05, 0) is 25.7 Å². The first-order valence-electron chi connectivity index (χ1n) is 6.55. The van der Waals surface area contributed by atoms with E-state index in [4.69, 9.17) is 9.84 Å². The summed E-state index contributed by atoms with van der Waals surface area (Å²) in [4.78, 5) is 13.8. The zero-order chi connectivity index (χ0) is 12.8. The predicted molar refractivity (Wildman–Crippen MR) is 66.6 cm³/mol. The van der Waals surface area contributed by atoms with Crippen LogP contribution in [-0.4, -0.2) is 48.3 Å². The average molecular weight is 243 g/mol. The summed E-state index contributed by atoms with van der Waals surface area (Å²) < 4.78 is 5.54. The number of hydrogen-bond donors (Lipinski definition) is 1. The van der Waals surface area contributed by atoms with Crippen molar-refractivity contribution in [1.29, 1.82) is 0 Å². The molecule has 2 unspecified atom stereocenters. The van der Waals surface area contributed by atoms with Gasteiger partial charge >= 0.3 is 0 Å². The van der Waals surface area contributed by atoms with Gasteiger partial charge in [-0.3, -0.25) is 4.79 Å². The summed E-state index contributed by atoms with van der Waals surface area (Å²) in [7, 11) is 0. The van der Waals surface area contributed by atoms with Crippen LogP contribution in [0.2, 0.25) is 0 Å². The molecule has 100 valence electrons. The highest BCUT2D eigenvalue weighted by atomic mass is 16.5. The smallest absolute Gasteiger partial charge is 0.251 e. The van der Waals surface area contributed by atoms with Gasteiger partial charge in [0.1, 0.15) is 6.10 Å². The van der Waals surface area contributed by atoms with Gasteiger partial charge in [0.25, 0.3) is 5.91 Å². The molecule has 0 radical (unpaired) electrons. The Morgan fingerprint density at radius 3 is 2.71 bits per heavy atom. The van der Waals surface area contributed by atoms with E-state index in [2.05, 4.69) is 13.8 Å². The van der Waals surface area contributed by atoms with Crippen LogP contribution in [0.4, 0.5) is 0 Å². The first-order chi connectivity index (χ1) is 8.04. The first kappa shape index (κ1) is 14.5. The molecule has 2 atom stereocenters. The minimum absolute atomic E-state index is 0.0599. The number of ether oxygens (including phenoxy) is 1. The normalized spacial score (nSPS) is 22.2. The molecule has 1 amide bonds.